The largest absolute Gasteiger partial charge is 0.305 e. The fourth-order valence-corrected chi connectivity index (χ4v) is 1.04. The molecule has 1 N–H and O–H groups in total. The maximum Gasteiger partial charge on any atom is 0.0370 e. The van der Waals surface area contributed by atoms with Gasteiger partial charge in [0.15, 0.2) is 0 Å². The molecule has 0 saturated heterocycles. The maximum absolute atomic E-state index is 7.97. The number of hydrogen-bond donors (Lipinski definition) is 1. The predicted molar refractivity (Wildman–Crippen MR) is 74.2 cm³/mol. The lowest BCUT2D eigenvalue weighted by molar-refractivity contribution is 0.503. The van der Waals surface area contributed by atoms with E-state index in [2.05, 4.69) is 61.5 Å². The van der Waals surface area contributed by atoms with Crippen molar-refractivity contribution >= 4 is 5.71 Å². The molecule has 0 amide bonds. The SMILES string of the molecule is CC(=C/C(=N)C(C)(C)C)/C=C(\C)C(C)(C)C. The van der Waals surface area contributed by atoms with E-state index < -0.39 is 0 Å². The van der Waals surface area contributed by atoms with Crippen molar-refractivity contribution in [1.82, 2.24) is 0 Å². The van der Waals surface area contributed by atoms with E-state index in [1.165, 1.54) is 5.57 Å². The van der Waals surface area contributed by atoms with Crippen molar-refractivity contribution in [3.63, 3.8) is 0 Å². The summed E-state index contributed by atoms with van der Waals surface area (Å²) < 4.78 is 0. The first-order valence-electron chi connectivity index (χ1n) is 5.90. The van der Waals surface area contributed by atoms with E-state index in [-0.39, 0.29) is 10.8 Å². The first-order valence-corrected chi connectivity index (χ1v) is 5.90. The summed E-state index contributed by atoms with van der Waals surface area (Å²) in [6, 6.07) is 0. The highest BCUT2D eigenvalue weighted by atomic mass is 14.5. The summed E-state index contributed by atoms with van der Waals surface area (Å²) in [7, 11) is 0. The van der Waals surface area contributed by atoms with E-state index in [1.807, 2.05) is 6.08 Å². The second kappa shape index (κ2) is 4.99. The summed E-state index contributed by atoms with van der Waals surface area (Å²) in [5, 5.41) is 7.97. The quantitative estimate of drug-likeness (QED) is 0.501. The van der Waals surface area contributed by atoms with Crippen molar-refractivity contribution in [1.29, 1.82) is 5.41 Å². The first kappa shape index (κ1) is 15.2. The Balaban J connectivity index is 4.91. The Kier molecular flexibility index (Phi) is 4.72. The molecule has 0 spiro atoms. The van der Waals surface area contributed by atoms with Gasteiger partial charge in [0.2, 0.25) is 0 Å². The third-order valence-electron chi connectivity index (χ3n) is 2.81. The lowest BCUT2D eigenvalue weighted by Gasteiger charge is -2.20. The molecule has 0 aromatic rings. The lowest BCUT2D eigenvalue weighted by Crippen LogP contribution is -2.17. The van der Waals surface area contributed by atoms with Crippen LogP contribution in [0.15, 0.2) is 23.3 Å². The van der Waals surface area contributed by atoms with Crippen LogP contribution in [0.5, 0.6) is 0 Å². The molecule has 0 aliphatic heterocycles. The van der Waals surface area contributed by atoms with Gasteiger partial charge in [-0.2, -0.15) is 0 Å². The molecule has 0 aliphatic carbocycles. The Morgan fingerprint density at radius 3 is 1.56 bits per heavy atom. The smallest absolute Gasteiger partial charge is 0.0370 e. The van der Waals surface area contributed by atoms with Crippen molar-refractivity contribution in [3.8, 4) is 0 Å². The van der Waals surface area contributed by atoms with Crippen LogP contribution in [0.4, 0.5) is 0 Å². The molecule has 0 radical (unpaired) electrons. The fourth-order valence-electron chi connectivity index (χ4n) is 1.04. The molecule has 16 heavy (non-hydrogen) atoms. The summed E-state index contributed by atoms with van der Waals surface area (Å²) >= 11 is 0. The van der Waals surface area contributed by atoms with E-state index in [4.69, 9.17) is 5.41 Å². The van der Waals surface area contributed by atoms with Crippen LogP contribution in [0, 0.1) is 16.2 Å². The van der Waals surface area contributed by atoms with Gasteiger partial charge in [-0.1, -0.05) is 53.2 Å². The Morgan fingerprint density at radius 2 is 1.25 bits per heavy atom. The molecule has 0 aliphatic rings. The standard InChI is InChI=1S/C15H27N/c1-11(9-12(2)14(3,4)5)10-13(16)15(6,7)8/h9-10,16H,1-8H3/b11-10-,12-9+,16-13?. The van der Waals surface area contributed by atoms with Gasteiger partial charge in [-0.3, -0.25) is 0 Å². The lowest BCUT2D eigenvalue weighted by atomic mass is 9.85. The van der Waals surface area contributed by atoms with E-state index >= 15 is 0 Å². The Morgan fingerprint density at radius 1 is 0.812 bits per heavy atom. The van der Waals surface area contributed by atoms with Crippen LogP contribution in [-0.2, 0) is 0 Å². The molecular weight excluding hydrogens is 194 g/mol. The minimum Gasteiger partial charge on any atom is -0.305 e. The van der Waals surface area contributed by atoms with Crippen LogP contribution < -0.4 is 0 Å². The minimum absolute atomic E-state index is 0.0647. The van der Waals surface area contributed by atoms with Crippen LogP contribution in [0.1, 0.15) is 55.4 Å². The van der Waals surface area contributed by atoms with Crippen molar-refractivity contribution in [2.24, 2.45) is 10.8 Å². The van der Waals surface area contributed by atoms with Gasteiger partial charge in [-0.15, -0.1) is 0 Å². The highest BCUT2D eigenvalue weighted by molar-refractivity contribution is 5.97. The van der Waals surface area contributed by atoms with Gasteiger partial charge in [-0.25, -0.2) is 0 Å². The molecule has 0 fully saturated rings. The monoisotopic (exact) mass is 221 g/mol. The first-order chi connectivity index (χ1) is 6.94. The maximum atomic E-state index is 7.97. The minimum atomic E-state index is -0.0647. The van der Waals surface area contributed by atoms with Gasteiger partial charge in [0.25, 0.3) is 0 Å². The van der Waals surface area contributed by atoms with Gasteiger partial charge < -0.3 is 5.41 Å². The van der Waals surface area contributed by atoms with Crippen molar-refractivity contribution < 1.29 is 0 Å². The summed E-state index contributed by atoms with van der Waals surface area (Å²) in [6.45, 7) is 17.1. The molecular formula is C15H27N. The van der Waals surface area contributed by atoms with Crippen LogP contribution in [0.2, 0.25) is 0 Å². The molecule has 92 valence electrons. The van der Waals surface area contributed by atoms with Crippen molar-refractivity contribution in [2.45, 2.75) is 55.4 Å². The molecule has 0 aromatic carbocycles. The van der Waals surface area contributed by atoms with E-state index in [0.717, 1.165) is 5.57 Å². The van der Waals surface area contributed by atoms with Crippen molar-refractivity contribution in [2.75, 3.05) is 0 Å². The molecule has 0 unspecified atom stereocenters. The second-order valence-electron chi connectivity index (χ2n) is 6.63. The normalized spacial score (nSPS) is 15.2. The van der Waals surface area contributed by atoms with Gasteiger partial charge >= 0.3 is 0 Å². The molecule has 0 bridgehead atoms. The zero-order chi connectivity index (χ0) is 13.1. The predicted octanol–water partition coefficient (Wildman–Crippen LogP) is 4.99. The van der Waals surface area contributed by atoms with E-state index in [1.54, 1.807) is 0 Å². The molecule has 1 nitrogen and oxygen atoms in total. The molecule has 0 atom stereocenters. The summed E-state index contributed by atoms with van der Waals surface area (Å²) in [5.41, 5.74) is 3.34. The number of nitrogens with one attached hydrogen (secondary N) is 1. The molecule has 0 heterocycles. The summed E-state index contributed by atoms with van der Waals surface area (Å²) in [4.78, 5) is 0. The van der Waals surface area contributed by atoms with Crippen LogP contribution in [0.3, 0.4) is 0 Å². The average Bonchev–Trinajstić information content (AvgIpc) is 1.99. The molecule has 0 rings (SSSR count). The van der Waals surface area contributed by atoms with Gasteiger partial charge in [0.1, 0.15) is 0 Å². The third kappa shape index (κ3) is 5.29. The number of hydrogen-bond acceptors (Lipinski definition) is 1. The zero-order valence-corrected chi connectivity index (χ0v) is 12.2. The van der Waals surface area contributed by atoms with E-state index in [9.17, 15) is 0 Å². The highest BCUT2D eigenvalue weighted by Gasteiger charge is 2.15. The third-order valence-corrected chi connectivity index (χ3v) is 2.81. The number of rotatable bonds is 2. The average molecular weight is 221 g/mol. The summed E-state index contributed by atoms with van der Waals surface area (Å²) in [6.07, 6.45) is 4.15. The number of allylic oxidation sites excluding steroid dienone is 4. The zero-order valence-electron chi connectivity index (χ0n) is 12.2. The van der Waals surface area contributed by atoms with Crippen LogP contribution >= 0.6 is 0 Å². The summed E-state index contributed by atoms with van der Waals surface area (Å²) in [5.74, 6) is 0. The van der Waals surface area contributed by atoms with Gasteiger partial charge in [0.05, 0.1) is 0 Å². The topological polar surface area (TPSA) is 23.9 Å². The highest BCUT2D eigenvalue weighted by Crippen LogP contribution is 2.26. The van der Waals surface area contributed by atoms with Crippen LogP contribution in [-0.4, -0.2) is 5.71 Å². The van der Waals surface area contributed by atoms with Gasteiger partial charge in [0, 0.05) is 11.1 Å². The molecule has 1 heteroatoms. The Bertz CT molecular complexity index is 316. The van der Waals surface area contributed by atoms with Crippen LogP contribution in [0.25, 0.3) is 0 Å². The Hall–Kier alpha value is -0.850. The second-order valence-corrected chi connectivity index (χ2v) is 6.63. The van der Waals surface area contributed by atoms with E-state index in [0.29, 0.717) is 5.71 Å². The fraction of sp³-hybridized carbons (Fsp3) is 0.667. The van der Waals surface area contributed by atoms with Gasteiger partial charge in [-0.05, 0) is 30.9 Å². The Labute approximate surface area is 101 Å². The molecule has 0 saturated carbocycles. The molecule has 0 aromatic heterocycles. The van der Waals surface area contributed by atoms with Crippen molar-refractivity contribution in [3.05, 3.63) is 23.3 Å².